The number of nitrogens with zero attached hydrogens (tertiary/aromatic N) is 2. The molecular formula is C20H13F3N2O2. The van der Waals surface area contributed by atoms with Gasteiger partial charge in [0.1, 0.15) is 5.69 Å². The van der Waals surface area contributed by atoms with E-state index < -0.39 is 17.7 Å². The minimum Gasteiger partial charge on any atom is -0.479 e. The van der Waals surface area contributed by atoms with Crippen LogP contribution >= 0.6 is 0 Å². The minimum absolute atomic E-state index is 0.0361. The van der Waals surface area contributed by atoms with Crippen molar-refractivity contribution in [3.05, 3.63) is 65.4 Å². The molecule has 0 spiro atoms. The van der Waals surface area contributed by atoms with Crippen LogP contribution in [0.2, 0.25) is 0 Å². The number of aliphatic imine (C=N–C) groups is 1. The van der Waals surface area contributed by atoms with Gasteiger partial charge in [0.05, 0.1) is 11.3 Å². The van der Waals surface area contributed by atoms with Crippen LogP contribution in [0.5, 0.6) is 5.95 Å². The Morgan fingerprint density at radius 3 is 2.44 bits per heavy atom. The van der Waals surface area contributed by atoms with Crippen LogP contribution < -0.4 is 0 Å². The summed E-state index contributed by atoms with van der Waals surface area (Å²) in [6, 6.07) is 12.0. The summed E-state index contributed by atoms with van der Waals surface area (Å²) in [4.78, 5) is 8.67. The lowest BCUT2D eigenvalue weighted by Gasteiger charge is -2.05. The minimum atomic E-state index is -4.42. The van der Waals surface area contributed by atoms with Crippen molar-refractivity contribution in [1.82, 2.24) is 4.98 Å². The zero-order valence-corrected chi connectivity index (χ0v) is 14.1. The normalized spacial score (nSPS) is 15.1. The Hall–Kier alpha value is -3.35. The van der Waals surface area contributed by atoms with E-state index >= 15 is 0 Å². The summed E-state index contributed by atoms with van der Waals surface area (Å²) in [5.74, 6) is -0.372. The smallest absolute Gasteiger partial charge is 0.416 e. The third kappa shape index (κ3) is 3.12. The van der Waals surface area contributed by atoms with Gasteiger partial charge in [-0.1, -0.05) is 18.2 Å². The first-order valence-electron chi connectivity index (χ1n) is 8.07. The summed E-state index contributed by atoms with van der Waals surface area (Å²) >= 11 is 0. The number of benzene rings is 2. The molecule has 0 atom stereocenters. The number of allylic oxidation sites excluding steroid dienone is 1. The van der Waals surface area contributed by atoms with Gasteiger partial charge in [-0.15, -0.1) is 0 Å². The number of alkyl halides is 3. The third-order valence-corrected chi connectivity index (χ3v) is 4.25. The lowest BCUT2D eigenvalue weighted by molar-refractivity contribution is -0.137. The Labute approximate surface area is 152 Å². The molecule has 1 aliphatic rings. The molecule has 0 radical (unpaired) electrons. The first-order valence-corrected chi connectivity index (χ1v) is 8.07. The van der Waals surface area contributed by atoms with E-state index in [1.807, 2.05) is 31.2 Å². The largest absolute Gasteiger partial charge is 0.479 e. The van der Waals surface area contributed by atoms with E-state index in [1.165, 1.54) is 12.1 Å². The number of oxazole rings is 1. The van der Waals surface area contributed by atoms with Crippen molar-refractivity contribution >= 4 is 23.0 Å². The predicted molar refractivity (Wildman–Crippen MR) is 95.7 cm³/mol. The molecule has 7 heteroatoms. The molecule has 0 unspecified atom stereocenters. The monoisotopic (exact) mass is 370 g/mol. The predicted octanol–water partition coefficient (Wildman–Crippen LogP) is 5.71. The van der Waals surface area contributed by atoms with Crippen molar-refractivity contribution in [2.24, 2.45) is 4.99 Å². The molecule has 2 heterocycles. The van der Waals surface area contributed by atoms with Gasteiger partial charge in [-0.2, -0.15) is 13.2 Å². The van der Waals surface area contributed by atoms with E-state index in [9.17, 15) is 18.3 Å². The van der Waals surface area contributed by atoms with Gasteiger partial charge in [-0.3, -0.25) is 4.99 Å². The standard InChI is InChI=1S/C20H13F3N2O2/c1-11-15(14-4-2-3-5-16(14)24-11)10-17-19(26)27-18(25-17)12-6-8-13(9-7-12)20(21,22)23/h2-10,26H,1H3/b15-10+. The average molecular weight is 370 g/mol. The van der Waals surface area contributed by atoms with E-state index in [0.29, 0.717) is 5.56 Å². The lowest BCUT2D eigenvalue weighted by atomic mass is 10.0. The molecule has 1 N–H and O–H groups in total. The van der Waals surface area contributed by atoms with Crippen LogP contribution in [-0.2, 0) is 6.18 Å². The molecule has 4 nitrogen and oxygen atoms in total. The number of hydrogen-bond acceptors (Lipinski definition) is 4. The van der Waals surface area contributed by atoms with Crippen LogP contribution in [0.4, 0.5) is 18.9 Å². The Morgan fingerprint density at radius 2 is 1.74 bits per heavy atom. The molecule has 0 bridgehead atoms. The third-order valence-electron chi connectivity index (χ3n) is 4.25. The second-order valence-corrected chi connectivity index (χ2v) is 6.06. The SMILES string of the molecule is CC1=Nc2ccccc2/C1=C/c1nc(-c2ccc(C(F)(F)F)cc2)oc1O. The van der Waals surface area contributed by atoms with Gasteiger partial charge in [-0.25, -0.2) is 4.98 Å². The number of rotatable bonds is 2. The number of para-hydroxylation sites is 1. The van der Waals surface area contributed by atoms with Crippen LogP contribution in [-0.4, -0.2) is 15.8 Å². The van der Waals surface area contributed by atoms with E-state index in [4.69, 9.17) is 4.42 Å². The molecule has 0 saturated heterocycles. The van der Waals surface area contributed by atoms with Crippen LogP contribution in [0.25, 0.3) is 23.1 Å². The molecule has 0 amide bonds. The van der Waals surface area contributed by atoms with Gasteiger partial charge in [0.25, 0.3) is 0 Å². The van der Waals surface area contributed by atoms with Crippen LogP contribution in [0.3, 0.4) is 0 Å². The van der Waals surface area contributed by atoms with Crippen molar-refractivity contribution in [1.29, 1.82) is 0 Å². The topological polar surface area (TPSA) is 58.6 Å². The van der Waals surface area contributed by atoms with Gasteiger partial charge < -0.3 is 9.52 Å². The Kier molecular flexibility index (Phi) is 3.87. The summed E-state index contributed by atoms with van der Waals surface area (Å²) < 4.78 is 43.3. The van der Waals surface area contributed by atoms with E-state index in [0.717, 1.165) is 34.7 Å². The summed E-state index contributed by atoms with van der Waals surface area (Å²) in [7, 11) is 0. The first-order chi connectivity index (χ1) is 12.8. The Bertz CT molecular complexity index is 1080. The number of aromatic hydroxyl groups is 1. The summed E-state index contributed by atoms with van der Waals surface area (Å²) in [5.41, 5.74) is 3.06. The molecule has 0 saturated carbocycles. The van der Waals surface area contributed by atoms with Crippen molar-refractivity contribution in [3.8, 4) is 17.4 Å². The number of fused-ring (bicyclic) bond motifs is 1. The van der Waals surface area contributed by atoms with E-state index in [2.05, 4.69) is 9.98 Å². The molecule has 4 rings (SSSR count). The Balaban J connectivity index is 1.70. The summed E-state index contributed by atoms with van der Waals surface area (Å²) in [6.45, 7) is 1.85. The highest BCUT2D eigenvalue weighted by atomic mass is 19.4. The highest BCUT2D eigenvalue weighted by molar-refractivity contribution is 6.31. The molecule has 27 heavy (non-hydrogen) atoms. The second-order valence-electron chi connectivity index (χ2n) is 6.06. The molecule has 2 aromatic carbocycles. The zero-order chi connectivity index (χ0) is 19.2. The fourth-order valence-corrected chi connectivity index (χ4v) is 2.90. The Morgan fingerprint density at radius 1 is 1.04 bits per heavy atom. The maximum atomic E-state index is 12.7. The van der Waals surface area contributed by atoms with Crippen molar-refractivity contribution in [3.63, 3.8) is 0 Å². The van der Waals surface area contributed by atoms with Gasteiger partial charge in [-0.05, 0) is 43.3 Å². The maximum absolute atomic E-state index is 12.7. The molecule has 1 aromatic heterocycles. The molecule has 1 aliphatic heterocycles. The van der Waals surface area contributed by atoms with Crippen molar-refractivity contribution < 1.29 is 22.7 Å². The molecular weight excluding hydrogens is 357 g/mol. The number of aromatic nitrogens is 1. The quantitative estimate of drug-likeness (QED) is 0.628. The van der Waals surface area contributed by atoms with Crippen LogP contribution in [0.1, 0.15) is 23.7 Å². The molecule has 3 aromatic rings. The highest BCUT2D eigenvalue weighted by Gasteiger charge is 2.30. The highest BCUT2D eigenvalue weighted by Crippen LogP contribution is 2.37. The van der Waals surface area contributed by atoms with Crippen LogP contribution in [0.15, 0.2) is 57.9 Å². The fourth-order valence-electron chi connectivity index (χ4n) is 2.90. The molecule has 136 valence electrons. The zero-order valence-electron chi connectivity index (χ0n) is 14.1. The van der Waals surface area contributed by atoms with Crippen molar-refractivity contribution in [2.75, 3.05) is 0 Å². The molecule has 0 aliphatic carbocycles. The lowest BCUT2D eigenvalue weighted by Crippen LogP contribution is -2.03. The number of halogens is 3. The van der Waals surface area contributed by atoms with E-state index in [-0.39, 0.29) is 11.6 Å². The van der Waals surface area contributed by atoms with Gasteiger partial charge >= 0.3 is 12.1 Å². The first kappa shape index (κ1) is 17.1. The van der Waals surface area contributed by atoms with E-state index in [1.54, 1.807) is 6.08 Å². The molecule has 0 fully saturated rings. The average Bonchev–Trinajstić information content (AvgIpc) is 3.15. The van der Waals surface area contributed by atoms with Gasteiger partial charge in [0, 0.05) is 22.4 Å². The number of hydrogen-bond donors (Lipinski definition) is 1. The summed E-state index contributed by atoms with van der Waals surface area (Å²) in [6.07, 6.45) is -2.77. The second kappa shape index (κ2) is 6.12. The fraction of sp³-hybridized carbons (Fsp3) is 0.100. The summed E-state index contributed by atoms with van der Waals surface area (Å²) in [5, 5.41) is 10.1. The maximum Gasteiger partial charge on any atom is 0.416 e. The van der Waals surface area contributed by atoms with Crippen molar-refractivity contribution in [2.45, 2.75) is 13.1 Å². The van der Waals surface area contributed by atoms with Gasteiger partial charge in [0.2, 0.25) is 5.89 Å². The van der Waals surface area contributed by atoms with Crippen LogP contribution in [0, 0.1) is 0 Å². The van der Waals surface area contributed by atoms with Gasteiger partial charge in [0.15, 0.2) is 0 Å².